The molecule has 35 heavy (non-hydrogen) atoms. The fraction of sp³-hybridized carbons (Fsp3) is 0.875. The molecule has 11 heteroatoms. The Kier molecular flexibility index (Phi) is 21.6. The minimum atomic E-state index is -1.01. The first-order chi connectivity index (χ1) is 16.8. The summed E-state index contributed by atoms with van der Waals surface area (Å²) in [5.74, 6) is 0.431. The Balaban J connectivity index is 3.72. The van der Waals surface area contributed by atoms with Gasteiger partial charge in [0.05, 0.1) is 52.9 Å². The summed E-state index contributed by atoms with van der Waals surface area (Å²) < 4.78 is 27.6. The predicted molar refractivity (Wildman–Crippen MR) is 136 cm³/mol. The van der Waals surface area contributed by atoms with Crippen molar-refractivity contribution in [3.63, 3.8) is 0 Å². The van der Waals surface area contributed by atoms with E-state index in [0.29, 0.717) is 84.2 Å². The van der Waals surface area contributed by atoms with Crippen LogP contribution in [-0.4, -0.2) is 90.2 Å². The van der Waals surface area contributed by atoms with Crippen LogP contribution in [0.3, 0.4) is 0 Å². The quantitative estimate of drug-likeness (QED) is 0.0681. The van der Waals surface area contributed by atoms with Crippen molar-refractivity contribution >= 4 is 5.91 Å². The maximum absolute atomic E-state index is 11.7. The Morgan fingerprint density at radius 3 is 2.17 bits per heavy atom. The molecular formula is C24H47N5O6. The molecule has 0 fully saturated rings. The van der Waals surface area contributed by atoms with E-state index in [-0.39, 0.29) is 12.5 Å². The number of allylic oxidation sites excluding steroid dienone is 1. The van der Waals surface area contributed by atoms with E-state index in [1.54, 1.807) is 6.92 Å². The van der Waals surface area contributed by atoms with Crippen LogP contribution in [0.15, 0.2) is 17.3 Å². The summed E-state index contributed by atoms with van der Waals surface area (Å²) in [6, 6.07) is 0.443. The van der Waals surface area contributed by atoms with Gasteiger partial charge in [-0.05, 0) is 18.4 Å². The minimum absolute atomic E-state index is 0.0412. The third kappa shape index (κ3) is 23.8. The van der Waals surface area contributed by atoms with Crippen molar-refractivity contribution in [1.82, 2.24) is 10.6 Å². The summed E-state index contributed by atoms with van der Waals surface area (Å²) in [7, 11) is 0. The van der Waals surface area contributed by atoms with Crippen LogP contribution in [0.2, 0.25) is 0 Å². The summed E-state index contributed by atoms with van der Waals surface area (Å²) in [5, 5.41) is 9.84. The number of hydrogen-bond donors (Lipinski definition) is 2. The van der Waals surface area contributed by atoms with Crippen molar-refractivity contribution in [2.75, 3.05) is 72.6 Å². The molecule has 0 aliphatic carbocycles. The zero-order chi connectivity index (χ0) is 26.2. The fourth-order valence-electron chi connectivity index (χ4n) is 2.66. The SMILES string of the molecule is CC(C)/C=C/CNC(=O)CCOCCOCCO[C@@](C)(CCOCCOCCNC(C)C)N=[N+]=[N-]. The Bertz CT molecular complexity index is 599. The zero-order valence-electron chi connectivity index (χ0n) is 22.3. The summed E-state index contributed by atoms with van der Waals surface area (Å²) in [6.07, 6.45) is 4.73. The molecule has 0 radical (unpaired) electrons. The average molecular weight is 502 g/mol. The highest BCUT2D eigenvalue weighted by atomic mass is 16.6. The van der Waals surface area contributed by atoms with Crippen molar-refractivity contribution in [1.29, 1.82) is 0 Å². The average Bonchev–Trinajstić information content (AvgIpc) is 2.79. The summed E-state index contributed by atoms with van der Waals surface area (Å²) in [4.78, 5) is 14.5. The minimum Gasteiger partial charge on any atom is -0.379 e. The van der Waals surface area contributed by atoms with Crippen molar-refractivity contribution in [2.45, 2.75) is 59.2 Å². The van der Waals surface area contributed by atoms with Gasteiger partial charge in [-0.2, -0.15) is 0 Å². The first kappa shape index (κ1) is 33.3. The van der Waals surface area contributed by atoms with Gasteiger partial charge in [0.25, 0.3) is 0 Å². The fourth-order valence-corrected chi connectivity index (χ4v) is 2.66. The van der Waals surface area contributed by atoms with Crippen LogP contribution in [-0.2, 0) is 28.5 Å². The van der Waals surface area contributed by atoms with Crippen molar-refractivity contribution in [3.8, 4) is 0 Å². The molecule has 2 N–H and O–H groups in total. The van der Waals surface area contributed by atoms with Crippen LogP contribution in [0.4, 0.5) is 0 Å². The second-order valence-electron chi connectivity index (χ2n) is 8.75. The molecule has 0 aliphatic heterocycles. The lowest BCUT2D eigenvalue weighted by Crippen LogP contribution is -2.30. The van der Waals surface area contributed by atoms with Crippen LogP contribution in [0.25, 0.3) is 10.4 Å². The van der Waals surface area contributed by atoms with E-state index >= 15 is 0 Å². The second kappa shape index (κ2) is 22.7. The standard InChI is InChI=1S/C24H47N5O6/c1-21(2)7-6-10-27-23(30)8-12-31-15-18-34-19-20-35-24(5,28-29-25)9-13-32-16-17-33-14-11-26-22(3)4/h6-7,21-22,26H,8-20H2,1-5H3,(H,27,30)/b7-6+/t24-/m0/s1. The van der Waals surface area contributed by atoms with Gasteiger partial charge in [-0.25, -0.2) is 0 Å². The monoisotopic (exact) mass is 501 g/mol. The van der Waals surface area contributed by atoms with Gasteiger partial charge in [-0.3, -0.25) is 4.79 Å². The smallest absolute Gasteiger partial charge is 0.222 e. The van der Waals surface area contributed by atoms with Gasteiger partial charge in [0.15, 0.2) is 0 Å². The van der Waals surface area contributed by atoms with Gasteiger partial charge in [0, 0.05) is 43.5 Å². The van der Waals surface area contributed by atoms with E-state index < -0.39 is 5.72 Å². The number of ether oxygens (including phenoxy) is 5. The molecule has 204 valence electrons. The van der Waals surface area contributed by atoms with Crippen molar-refractivity contribution < 1.29 is 28.5 Å². The number of azide groups is 1. The van der Waals surface area contributed by atoms with E-state index in [4.69, 9.17) is 29.2 Å². The highest BCUT2D eigenvalue weighted by molar-refractivity contribution is 5.76. The maximum atomic E-state index is 11.7. The Morgan fingerprint density at radius 1 is 0.943 bits per heavy atom. The molecule has 1 amide bonds. The van der Waals surface area contributed by atoms with E-state index in [2.05, 4.69) is 48.4 Å². The van der Waals surface area contributed by atoms with Gasteiger partial charge in [0.2, 0.25) is 5.91 Å². The Labute approximate surface area is 210 Å². The van der Waals surface area contributed by atoms with Gasteiger partial charge in [-0.1, -0.05) is 45.0 Å². The van der Waals surface area contributed by atoms with Crippen LogP contribution >= 0.6 is 0 Å². The lowest BCUT2D eigenvalue weighted by atomic mass is 10.2. The lowest BCUT2D eigenvalue weighted by molar-refractivity contribution is -0.122. The van der Waals surface area contributed by atoms with Crippen LogP contribution in [0.5, 0.6) is 0 Å². The van der Waals surface area contributed by atoms with Crippen LogP contribution in [0.1, 0.15) is 47.5 Å². The number of hydrogen-bond acceptors (Lipinski definition) is 8. The lowest BCUT2D eigenvalue weighted by Gasteiger charge is -2.24. The van der Waals surface area contributed by atoms with Gasteiger partial charge >= 0.3 is 0 Å². The predicted octanol–water partition coefficient (Wildman–Crippen LogP) is 3.20. The van der Waals surface area contributed by atoms with E-state index in [0.717, 1.165) is 6.54 Å². The molecule has 0 aliphatic rings. The molecule has 1 atom stereocenters. The summed E-state index contributed by atoms with van der Waals surface area (Å²) in [6.45, 7) is 15.1. The first-order valence-electron chi connectivity index (χ1n) is 12.5. The molecule has 0 heterocycles. The van der Waals surface area contributed by atoms with Gasteiger partial charge in [0.1, 0.15) is 5.72 Å². The van der Waals surface area contributed by atoms with Crippen molar-refractivity contribution in [3.05, 3.63) is 22.6 Å². The molecule has 0 aromatic heterocycles. The first-order valence-corrected chi connectivity index (χ1v) is 12.5. The highest BCUT2D eigenvalue weighted by Gasteiger charge is 2.23. The number of rotatable bonds is 24. The van der Waals surface area contributed by atoms with E-state index in [1.165, 1.54) is 0 Å². The molecule has 0 unspecified atom stereocenters. The zero-order valence-corrected chi connectivity index (χ0v) is 22.3. The number of amides is 1. The molecule has 0 aromatic rings. The Hall–Kier alpha value is -1.72. The summed E-state index contributed by atoms with van der Waals surface area (Å²) >= 11 is 0. The molecule has 0 rings (SSSR count). The van der Waals surface area contributed by atoms with E-state index in [1.807, 2.05) is 12.2 Å². The maximum Gasteiger partial charge on any atom is 0.222 e. The third-order valence-electron chi connectivity index (χ3n) is 4.56. The molecule has 11 nitrogen and oxygen atoms in total. The third-order valence-corrected chi connectivity index (χ3v) is 4.56. The molecule has 0 saturated heterocycles. The highest BCUT2D eigenvalue weighted by Crippen LogP contribution is 2.17. The van der Waals surface area contributed by atoms with Gasteiger partial charge in [-0.15, -0.1) is 0 Å². The number of carbonyl (C=O) groups excluding carboxylic acids is 1. The van der Waals surface area contributed by atoms with Gasteiger partial charge < -0.3 is 34.3 Å². The van der Waals surface area contributed by atoms with Crippen molar-refractivity contribution in [2.24, 2.45) is 11.0 Å². The number of nitrogens with one attached hydrogen (secondary N) is 2. The van der Waals surface area contributed by atoms with E-state index in [9.17, 15) is 4.79 Å². The largest absolute Gasteiger partial charge is 0.379 e. The van der Waals surface area contributed by atoms with Crippen LogP contribution in [0, 0.1) is 5.92 Å². The van der Waals surface area contributed by atoms with Crippen LogP contribution < -0.4 is 10.6 Å². The number of carbonyl (C=O) groups is 1. The Morgan fingerprint density at radius 2 is 1.54 bits per heavy atom. The molecule has 0 bridgehead atoms. The number of nitrogens with zero attached hydrogens (tertiary/aromatic N) is 3. The summed E-state index contributed by atoms with van der Waals surface area (Å²) in [5.41, 5.74) is 7.83. The molecule has 0 saturated carbocycles. The topological polar surface area (TPSA) is 136 Å². The second-order valence-corrected chi connectivity index (χ2v) is 8.75. The molecular weight excluding hydrogens is 454 g/mol. The molecule has 0 aromatic carbocycles. The molecule has 0 spiro atoms. The normalized spacial score (nSPS) is 13.3.